The van der Waals surface area contributed by atoms with Crippen molar-refractivity contribution in [3.05, 3.63) is 66.0 Å². The van der Waals surface area contributed by atoms with E-state index >= 15 is 0 Å². The van der Waals surface area contributed by atoms with Crippen molar-refractivity contribution in [1.29, 1.82) is 0 Å². The lowest BCUT2D eigenvalue weighted by molar-refractivity contribution is -0.125. The molecule has 1 aliphatic heterocycles. The predicted octanol–water partition coefficient (Wildman–Crippen LogP) is 10.4. The first-order valence-corrected chi connectivity index (χ1v) is 23.2. The third-order valence-corrected chi connectivity index (χ3v) is 10.7. The summed E-state index contributed by atoms with van der Waals surface area (Å²) in [5.74, 6) is -0.268. The minimum atomic E-state index is -0.414. The number of para-hydroxylation sites is 1. The van der Waals surface area contributed by atoms with E-state index in [-0.39, 0.29) is 41.3 Å². The number of rotatable bonds is 20. The van der Waals surface area contributed by atoms with Crippen LogP contribution in [0.2, 0.25) is 0 Å². The molecule has 0 saturated heterocycles. The van der Waals surface area contributed by atoms with Crippen molar-refractivity contribution < 1.29 is 23.8 Å². The van der Waals surface area contributed by atoms with Gasteiger partial charge in [0.1, 0.15) is 5.69 Å². The normalized spacial score (nSPS) is 12.7. The van der Waals surface area contributed by atoms with Crippen LogP contribution in [0, 0.1) is 12.3 Å². The van der Waals surface area contributed by atoms with Crippen molar-refractivity contribution in [2.24, 2.45) is 5.41 Å². The fraction of sp³-hybridized carbons (Fsp3) is 0.640. The van der Waals surface area contributed by atoms with Crippen LogP contribution in [-0.4, -0.2) is 85.0 Å². The van der Waals surface area contributed by atoms with E-state index in [9.17, 15) is 9.59 Å². The number of nitrogens with zero attached hydrogens (tertiary/aromatic N) is 7. The van der Waals surface area contributed by atoms with E-state index in [0.29, 0.717) is 39.3 Å². The first-order chi connectivity index (χ1) is 29.7. The van der Waals surface area contributed by atoms with Gasteiger partial charge in [-0.15, -0.1) is 10.2 Å². The van der Waals surface area contributed by atoms with Gasteiger partial charge in [0, 0.05) is 56.4 Å². The van der Waals surface area contributed by atoms with Gasteiger partial charge in [-0.3, -0.25) is 14.3 Å². The van der Waals surface area contributed by atoms with E-state index < -0.39 is 5.60 Å². The molecule has 0 saturated carbocycles. The van der Waals surface area contributed by atoms with Crippen LogP contribution < -0.4 is 10.2 Å². The van der Waals surface area contributed by atoms with E-state index in [1.807, 2.05) is 106 Å². The second-order valence-electron chi connectivity index (χ2n) is 19.2. The molecule has 350 valence electrons. The molecule has 0 unspecified atom stereocenters. The Morgan fingerprint density at radius 1 is 0.746 bits per heavy atom. The zero-order valence-corrected chi connectivity index (χ0v) is 41.3. The Balaban J connectivity index is 0.000000936. The van der Waals surface area contributed by atoms with Gasteiger partial charge in [0.05, 0.1) is 53.6 Å². The Kier molecular flexibility index (Phi) is 20.6. The van der Waals surface area contributed by atoms with Gasteiger partial charge in [-0.05, 0) is 98.1 Å². The van der Waals surface area contributed by atoms with E-state index in [2.05, 4.69) is 76.2 Å². The fourth-order valence-corrected chi connectivity index (χ4v) is 6.76. The molecule has 13 heteroatoms. The summed E-state index contributed by atoms with van der Waals surface area (Å²) in [5, 5.41) is 19.9. The summed E-state index contributed by atoms with van der Waals surface area (Å²) in [4.78, 5) is 28.9. The molecular weight excluding hydrogens is 793 g/mol. The Hall–Kier alpha value is -4.46. The van der Waals surface area contributed by atoms with Crippen molar-refractivity contribution in [3.8, 4) is 22.5 Å². The zero-order chi connectivity index (χ0) is 46.8. The molecule has 0 aliphatic carbocycles. The van der Waals surface area contributed by atoms with E-state index in [4.69, 9.17) is 19.3 Å². The molecule has 4 aromatic rings. The molecule has 63 heavy (non-hydrogen) atoms. The highest BCUT2D eigenvalue weighted by molar-refractivity contribution is 6.01. The maximum absolute atomic E-state index is 14.1. The highest BCUT2D eigenvalue weighted by Gasteiger charge is 2.30. The van der Waals surface area contributed by atoms with Crippen LogP contribution in [0.3, 0.4) is 0 Å². The smallest absolute Gasteiger partial charge is 0.227 e. The molecule has 0 fully saturated rings. The van der Waals surface area contributed by atoms with Gasteiger partial charge in [0.25, 0.3) is 0 Å². The van der Waals surface area contributed by atoms with Gasteiger partial charge < -0.3 is 24.4 Å². The molecule has 2 aromatic carbocycles. The molecule has 1 aliphatic rings. The number of carbonyl (C=O) groups excluding carboxylic acids is 2. The minimum Gasteiger partial charge on any atom is -0.376 e. The number of anilines is 1. The summed E-state index contributed by atoms with van der Waals surface area (Å²) in [6.07, 6.45) is 6.39. The van der Waals surface area contributed by atoms with Crippen LogP contribution in [0.5, 0.6) is 0 Å². The number of hydrogen-bond donors (Lipinski definition) is 1. The third kappa shape index (κ3) is 17.6. The van der Waals surface area contributed by atoms with Crippen molar-refractivity contribution >= 4 is 17.5 Å². The van der Waals surface area contributed by atoms with Gasteiger partial charge in [-0.25, -0.2) is 4.68 Å². The number of ether oxygens (including phenoxy) is 3. The molecule has 2 aromatic heterocycles. The minimum absolute atomic E-state index is 0.0829. The Bertz CT molecular complexity index is 1990. The SMILES string of the molecule is CC.CCCCOC(C)(C)CCn1nnc2c1-c1ccccc1N(C(=O)CCC(=O)NCCC(C)(C)OCCC(C)(C)OCC(C)(C)C)Cc1ccccc1-2.CCn1cc(C)nn1. The number of unbranched alkanes of at least 4 members (excludes halogenated alkanes) is 1. The summed E-state index contributed by atoms with van der Waals surface area (Å²) >= 11 is 0. The van der Waals surface area contributed by atoms with Gasteiger partial charge in [0.2, 0.25) is 11.8 Å². The van der Waals surface area contributed by atoms with Crippen molar-refractivity contribution in [1.82, 2.24) is 35.3 Å². The molecular formula is C50H80N8O5. The maximum atomic E-state index is 14.1. The Morgan fingerprint density at radius 2 is 1.38 bits per heavy atom. The summed E-state index contributed by atoms with van der Waals surface area (Å²) in [7, 11) is 0. The van der Waals surface area contributed by atoms with Crippen LogP contribution in [0.1, 0.15) is 146 Å². The number of hydrogen-bond acceptors (Lipinski definition) is 9. The number of carbonyl (C=O) groups is 2. The second-order valence-corrected chi connectivity index (χ2v) is 19.2. The van der Waals surface area contributed by atoms with Crippen molar-refractivity contribution in [3.63, 3.8) is 0 Å². The van der Waals surface area contributed by atoms with Gasteiger partial charge >= 0.3 is 0 Å². The number of amides is 2. The van der Waals surface area contributed by atoms with Crippen LogP contribution in [-0.2, 0) is 43.4 Å². The van der Waals surface area contributed by atoms with E-state index in [1.54, 1.807) is 4.68 Å². The molecule has 1 N–H and O–H groups in total. The molecule has 0 radical (unpaired) electrons. The summed E-state index contributed by atoms with van der Waals surface area (Å²) in [6.45, 7) is 33.4. The average molecular weight is 873 g/mol. The predicted molar refractivity (Wildman–Crippen MR) is 254 cm³/mol. The first-order valence-electron chi connectivity index (χ1n) is 23.2. The molecule has 0 atom stereocenters. The molecule has 0 bridgehead atoms. The number of nitrogens with one attached hydrogen (secondary N) is 1. The molecule has 5 rings (SSSR count). The summed E-state index contributed by atoms with van der Waals surface area (Å²) in [6, 6.07) is 16.0. The van der Waals surface area contributed by atoms with Gasteiger partial charge in [-0.1, -0.05) is 101 Å². The van der Waals surface area contributed by atoms with Crippen molar-refractivity contribution in [2.45, 2.75) is 178 Å². The monoisotopic (exact) mass is 873 g/mol. The number of aryl methyl sites for hydroxylation is 3. The topological polar surface area (TPSA) is 139 Å². The van der Waals surface area contributed by atoms with E-state index in [1.165, 1.54) is 0 Å². The lowest BCUT2D eigenvalue weighted by Crippen LogP contribution is -2.36. The average Bonchev–Trinajstić information content (AvgIpc) is 3.86. The Labute approximate surface area is 379 Å². The van der Waals surface area contributed by atoms with E-state index in [0.717, 1.165) is 78.3 Å². The van der Waals surface area contributed by atoms with Crippen LogP contribution in [0.25, 0.3) is 22.5 Å². The number of aromatic nitrogens is 6. The lowest BCUT2D eigenvalue weighted by atomic mass is 9.95. The van der Waals surface area contributed by atoms with Gasteiger partial charge in [-0.2, -0.15) is 0 Å². The first kappa shape index (κ1) is 52.9. The lowest BCUT2D eigenvalue weighted by Gasteiger charge is -2.32. The highest BCUT2D eigenvalue weighted by Crippen LogP contribution is 2.41. The van der Waals surface area contributed by atoms with Crippen LogP contribution >= 0.6 is 0 Å². The highest BCUT2D eigenvalue weighted by atomic mass is 16.5. The molecule has 13 nitrogen and oxygen atoms in total. The van der Waals surface area contributed by atoms with Crippen LogP contribution in [0.4, 0.5) is 5.69 Å². The standard InChI is InChI=1S/C43H65N5O5.C5H9N3.C2H6/c1-11-12-28-51-42(7,8)24-27-48-39-34-19-15-16-20-35(34)47(30-32-17-13-14-18-33(32)38(39)45-46-48)37(50)22-21-36(49)44-26-23-41(5,6)52-29-25-43(9,10)53-31-40(2,3)4;1-3-8-4-5(2)6-7-8;1-2/h13-20H,11-12,21-31H2,1-10H3,(H,44,49);4H,3H2,1-2H3;1-2H3. The molecule has 2 amide bonds. The Morgan fingerprint density at radius 3 is 2.02 bits per heavy atom. The maximum Gasteiger partial charge on any atom is 0.227 e. The van der Waals surface area contributed by atoms with Gasteiger partial charge in [0.15, 0.2) is 0 Å². The number of benzene rings is 2. The molecule has 0 spiro atoms. The summed E-state index contributed by atoms with van der Waals surface area (Å²) in [5.41, 5.74) is 5.33. The van der Waals surface area contributed by atoms with Crippen LogP contribution in [0.15, 0.2) is 54.7 Å². The van der Waals surface area contributed by atoms with Crippen molar-refractivity contribution in [2.75, 3.05) is 31.3 Å². The quantitative estimate of drug-likeness (QED) is 0.0860. The number of fused-ring (bicyclic) bond motifs is 5. The molecule has 3 heterocycles. The summed E-state index contributed by atoms with van der Waals surface area (Å²) < 4.78 is 22.3. The fourth-order valence-electron chi connectivity index (χ4n) is 6.76. The largest absolute Gasteiger partial charge is 0.376 e. The third-order valence-electron chi connectivity index (χ3n) is 10.7. The zero-order valence-electron chi connectivity index (χ0n) is 41.3. The second kappa shape index (κ2) is 24.6.